The quantitative estimate of drug-likeness (QED) is 0.245. The van der Waals surface area contributed by atoms with Gasteiger partial charge in [0.2, 0.25) is 0 Å². The van der Waals surface area contributed by atoms with E-state index in [2.05, 4.69) is 20.1 Å². The van der Waals surface area contributed by atoms with Gasteiger partial charge < -0.3 is 0 Å². The van der Waals surface area contributed by atoms with E-state index in [1.54, 1.807) is 0 Å². The SMILES string of the molecule is [N-]=[N+]=NC1([N+](=O)[O-])CCC(N=[N+]=[N-])([N+](=O)[O-])CC1. The van der Waals surface area contributed by atoms with Crippen molar-refractivity contribution in [2.24, 2.45) is 10.2 Å². The van der Waals surface area contributed by atoms with Crippen LogP contribution in [0.5, 0.6) is 0 Å². The monoisotopic (exact) mass is 256 g/mol. The summed E-state index contributed by atoms with van der Waals surface area (Å²) >= 11 is 0. The van der Waals surface area contributed by atoms with Crippen LogP contribution in [0.25, 0.3) is 20.9 Å². The molecule has 1 rings (SSSR count). The molecule has 0 aromatic heterocycles. The number of hydrogen-bond donors (Lipinski definition) is 0. The van der Waals surface area contributed by atoms with E-state index in [0.29, 0.717) is 0 Å². The van der Waals surface area contributed by atoms with Gasteiger partial charge >= 0.3 is 11.3 Å². The minimum Gasteiger partial charge on any atom is -0.264 e. The molecular formula is C6H8N8O4. The number of azide groups is 2. The third kappa shape index (κ3) is 2.10. The molecule has 0 bridgehead atoms. The first-order valence-corrected chi connectivity index (χ1v) is 4.84. The Morgan fingerprint density at radius 1 is 0.889 bits per heavy atom. The van der Waals surface area contributed by atoms with Crippen molar-refractivity contribution in [1.82, 2.24) is 0 Å². The maximum Gasteiger partial charge on any atom is 0.301 e. The van der Waals surface area contributed by atoms with Gasteiger partial charge in [-0.25, -0.2) is 0 Å². The van der Waals surface area contributed by atoms with Gasteiger partial charge in [0, 0.05) is 45.4 Å². The van der Waals surface area contributed by atoms with E-state index in [9.17, 15) is 20.2 Å². The molecule has 0 saturated heterocycles. The Labute approximate surface area is 99.1 Å². The van der Waals surface area contributed by atoms with Crippen molar-refractivity contribution in [2.45, 2.75) is 37.0 Å². The molecule has 0 aromatic carbocycles. The van der Waals surface area contributed by atoms with E-state index in [4.69, 9.17) is 11.1 Å². The fraction of sp³-hybridized carbons (Fsp3) is 1.00. The van der Waals surface area contributed by atoms with Crippen LogP contribution >= 0.6 is 0 Å². The van der Waals surface area contributed by atoms with Crippen LogP contribution in [-0.4, -0.2) is 21.2 Å². The second kappa shape index (κ2) is 4.73. The highest BCUT2D eigenvalue weighted by atomic mass is 16.6. The zero-order valence-electron chi connectivity index (χ0n) is 9.04. The van der Waals surface area contributed by atoms with Gasteiger partial charge in [0.1, 0.15) is 0 Å². The summed E-state index contributed by atoms with van der Waals surface area (Å²) in [4.78, 5) is 25.0. The van der Waals surface area contributed by atoms with E-state index in [1.807, 2.05) is 0 Å². The maximum absolute atomic E-state index is 10.9. The second-order valence-corrected chi connectivity index (χ2v) is 3.86. The van der Waals surface area contributed by atoms with E-state index in [-0.39, 0.29) is 25.7 Å². The first-order chi connectivity index (χ1) is 8.42. The van der Waals surface area contributed by atoms with Gasteiger partial charge in [0.05, 0.1) is 0 Å². The van der Waals surface area contributed by atoms with Gasteiger partial charge in [-0.3, -0.25) is 20.2 Å². The molecule has 96 valence electrons. The van der Waals surface area contributed by atoms with Crippen molar-refractivity contribution in [3.63, 3.8) is 0 Å². The van der Waals surface area contributed by atoms with Gasteiger partial charge in [-0.05, 0) is 21.3 Å². The summed E-state index contributed by atoms with van der Waals surface area (Å²) in [7, 11) is 0. The molecule has 1 aliphatic rings. The Morgan fingerprint density at radius 3 is 1.33 bits per heavy atom. The molecule has 12 nitrogen and oxygen atoms in total. The number of nitro groups is 2. The fourth-order valence-corrected chi connectivity index (χ4v) is 1.86. The molecule has 0 unspecified atom stereocenters. The van der Waals surface area contributed by atoms with Gasteiger partial charge in [-0.1, -0.05) is 0 Å². The zero-order chi connectivity index (χ0) is 13.8. The van der Waals surface area contributed by atoms with Crippen LogP contribution in [0.15, 0.2) is 10.2 Å². The summed E-state index contributed by atoms with van der Waals surface area (Å²) in [6, 6.07) is 0. The minimum atomic E-state index is -1.89. The van der Waals surface area contributed by atoms with Gasteiger partial charge in [-0.15, -0.1) is 0 Å². The lowest BCUT2D eigenvalue weighted by Gasteiger charge is -2.30. The first kappa shape index (κ1) is 13.5. The summed E-state index contributed by atoms with van der Waals surface area (Å²) in [6.07, 6.45) is -1.37. The zero-order valence-corrected chi connectivity index (χ0v) is 9.04. The van der Waals surface area contributed by atoms with Crippen molar-refractivity contribution >= 4 is 0 Å². The van der Waals surface area contributed by atoms with Crippen molar-refractivity contribution in [3.8, 4) is 0 Å². The van der Waals surface area contributed by atoms with Crippen molar-refractivity contribution in [2.75, 3.05) is 0 Å². The van der Waals surface area contributed by atoms with Crippen molar-refractivity contribution in [1.29, 1.82) is 0 Å². The predicted molar refractivity (Wildman–Crippen MR) is 56.2 cm³/mol. The second-order valence-electron chi connectivity index (χ2n) is 3.86. The van der Waals surface area contributed by atoms with Crippen molar-refractivity contribution < 1.29 is 9.85 Å². The Bertz CT molecular complexity index is 416. The highest BCUT2D eigenvalue weighted by molar-refractivity contribution is 4.92. The molecule has 0 aliphatic heterocycles. The van der Waals surface area contributed by atoms with E-state index in [1.165, 1.54) is 0 Å². The van der Waals surface area contributed by atoms with Crippen LogP contribution in [0.4, 0.5) is 0 Å². The average Bonchev–Trinajstić information content (AvgIpc) is 2.32. The molecule has 0 N–H and O–H groups in total. The lowest BCUT2D eigenvalue weighted by atomic mass is 9.83. The summed E-state index contributed by atoms with van der Waals surface area (Å²) < 4.78 is 0. The summed E-state index contributed by atoms with van der Waals surface area (Å²) in [5.74, 6) is 0. The van der Waals surface area contributed by atoms with Crippen LogP contribution in [0, 0.1) is 20.2 Å². The normalized spacial score (nSPS) is 30.7. The molecule has 18 heavy (non-hydrogen) atoms. The molecule has 12 heteroatoms. The summed E-state index contributed by atoms with van der Waals surface area (Å²) in [5, 5.41) is 28.0. The smallest absolute Gasteiger partial charge is 0.264 e. The van der Waals surface area contributed by atoms with E-state index in [0.717, 1.165) is 0 Å². The van der Waals surface area contributed by atoms with Crippen LogP contribution < -0.4 is 0 Å². The van der Waals surface area contributed by atoms with Gasteiger partial charge in [0.25, 0.3) is 0 Å². The third-order valence-electron chi connectivity index (χ3n) is 2.99. The lowest BCUT2D eigenvalue weighted by molar-refractivity contribution is -0.605. The lowest BCUT2D eigenvalue weighted by Crippen LogP contribution is -2.48. The molecule has 0 amide bonds. The highest BCUT2D eigenvalue weighted by Gasteiger charge is 2.56. The molecule has 0 radical (unpaired) electrons. The molecule has 0 atom stereocenters. The Hall–Kier alpha value is -2.58. The topological polar surface area (TPSA) is 184 Å². The third-order valence-corrected chi connectivity index (χ3v) is 2.99. The molecule has 0 aromatic rings. The van der Waals surface area contributed by atoms with E-state index < -0.39 is 21.2 Å². The minimum absolute atomic E-state index is 0.343. The van der Waals surface area contributed by atoms with Crippen LogP contribution in [-0.2, 0) is 0 Å². The molecule has 1 saturated carbocycles. The van der Waals surface area contributed by atoms with Crippen LogP contribution in [0.3, 0.4) is 0 Å². The highest BCUT2D eigenvalue weighted by Crippen LogP contribution is 2.40. The maximum atomic E-state index is 10.9. The van der Waals surface area contributed by atoms with Crippen LogP contribution in [0.1, 0.15) is 25.7 Å². The van der Waals surface area contributed by atoms with Gasteiger partial charge in [-0.2, -0.15) is 0 Å². The van der Waals surface area contributed by atoms with E-state index >= 15 is 0 Å². The Morgan fingerprint density at radius 2 is 1.17 bits per heavy atom. The molecule has 0 spiro atoms. The standard InChI is InChI=1S/C6H8N8O4/c7-11-9-5(13(15)16)1-2-6(4-3-5,10-12-8)14(17)18/h1-4H2. The number of nitrogens with zero attached hydrogens (tertiary/aromatic N) is 8. The largest absolute Gasteiger partial charge is 0.301 e. The van der Waals surface area contributed by atoms with Crippen molar-refractivity contribution in [3.05, 3.63) is 41.1 Å². The Kier molecular flexibility index (Phi) is 3.55. The molecule has 1 fully saturated rings. The van der Waals surface area contributed by atoms with Gasteiger partial charge in [0.15, 0.2) is 0 Å². The Balaban J connectivity index is 3.05. The number of hydrogen-bond acceptors (Lipinski definition) is 6. The summed E-state index contributed by atoms with van der Waals surface area (Å²) in [6.45, 7) is 0. The predicted octanol–water partition coefficient (Wildman–Crippen LogP) is 2.13. The average molecular weight is 256 g/mol. The first-order valence-electron chi connectivity index (χ1n) is 4.84. The molecule has 1 aliphatic carbocycles. The molecular weight excluding hydrogens is 248 g/mol. The number of rotatable bonds is 4. The fourth-order valence-electron chi connectivity index (χ4n) is 1.86. The summed E-state index contributed by atoms with van der Waals surface area (Å²) in [5.41, 5.74) is 12.8. The molecule has 0 heterocycles. The van der Waals surface area contributed by atoms with Crippen LogP contribution in [0.2, 0.25) is 0 Å².